The highest BCUT2D eigenvalue weighted by atomic mass is 32.1. The molecule has 3 aromatic rings. The van der Waals surface area contributed by atoms with Crippen molar-refractivity contribution in [1.29, 1.82) is 0 Å². The van der Waals surface area contributed by atoms with Crippen LogP contribution in [0.25, 0.3) is 0 Å². The van der Waals surface area contributed by atoms with E-state index in [1.54, 1.807) is 10.9 Å². The SMILES string of the molecule is CCOc1cc(/C=N\n2c(C)n[nH]c2=S)ccc1OCc1cc(C)ccc1C. The minimum absolute atomic E-state index is 0.451. The van der Waals surface area contributed by atoms with Crippen LogP contribution in [0.4, 0.5) is 0 Å². The van der Waals surface area contributed by atoms with E-state index in [2.05, 4.69) is 47.3 Å². The molecule has 1 heterocycles. The number of hydrogen-bond donors (Lipinski definition) is 1. The van der Waals surface area contributed by atoms with Crippen molar-refractivity contribution >= 4 is 18.4 Å². The first-order chi connectivity index (χ1) is 13.5. The van der Waals surface area contributed by atoms with E-state index in [4.69, 9.17) is 21.7 Å². The molecule has 0 saturated heterocycles. The first-order valence-electron chi connectivity index (χ1n) is 9.12. The van der Waals surface area contributed by atoms with Gasteiger partial charge in [0, 0.05) is 0 Å². The molecule has 28 heavy (non-hydrogen) atoms. The van der Waals surface area contributed by atoms with E-state index in [0.717, 1.165) is 11.1 Å². The Hall–Kier alpha value is -2.93. The molecule has 0 saturated carbocycles. The van der Waals surface area contributed by atoms with Crippen molar-refractivity contribution in [3.05, 3.63) is 69.2 Å². The number of aromatic nitrogens is 3. The first-order valence-corrected chi connectivity index (χ1v) is 9.53. The molecule has 6 nitrogen and oxygen atoms in total. The highest BCUT2D eigenvalue weighted by Gasteiger charge is 2.08. The maximum Gasteiger partial charge on any atom is 0.216 e. The molecule has 1 aromatic heterocycles. The average molecular weight is 397 g/mol. The molecule has 0 unspecified atom stereocenters. The van der Waals surface area contributed by atoms with Gasteiger partial charge in [0.15, 0.2) is 11.5 Å². The molecule has 0 fully saturated rings. The third-order valence-electron chi connectivity index (χ3n) is 4.29. The van der Waals surface area contributed by atoms with Gasteiger partial charge in [-0.3, -0.25) is 5.10 Å². The number of benzene rings is 2. The molecule has 0 aliphatic heterocycles. The first kappa shape index (κ1) is 19.8. The lowest BCUT2D eigenvalue weighted by atomic mass is 10.1. The van der Waals surface area contributed by atoms with E-state index in [9.17, 15) is 0 Å². The molecule has 1 N–H and O–H groups in total. The van der Waals surface area contributed by atoms with Gasteiger partial charge < -0.3 is 9.47 Å². The fourth-order valence-corrected chi connectivity index (χ4v) is 2.96. The van der Waals surface area contributed by atoms with E-state index in [1.807, 2.05) is 32.0 Å². The van der Waals surface area contributed by atoms with Gasteiger partial charge in [0.05, 0.1) is 12.8 Å². The van der Waals surface area contributed by atoms with Gasteiger partial charge in [-0.2, -0.15) is 14.9 Å². The Labute approximate surface area is 169 Å². The topological polar surface area (TPSA) is 64.4 Å². The number of ether oxygens (including phenoxy) is 2. The van der Waals surface area contributed by atoms with Gasteiger partial charge in [-0.15, -0.1) is 0 Å². The van der Waals surface area contributed by atoms with Crippen LogP contribution in [0.5, 0.6) is 11.5 Å². The van der Waals surface area contributed by atoms with Crippen LogP contribution in [0.3, 0.4) is 0 Å². The highest BCUT2D eigenvalue weighted by molar-refractivity contribution is 7.71. The summed E-state index contributed by atoms with van der Waals surface area (Å²) in [5.74, 6) is 2.08. The van der Waals surface area contributed by atoms with E-state index in [0.29, 0.717) is 35.3 Å². The molecular formula is C21H24N4O2S. The number of rotatable bonds is 7. The molecule has 0 spiro atoms. The molecule has 3 rings (SSSR count). The van der Waals surface area contributed by atoms with Crippen molar-refractivity contribution in [1.82, 2.24) is 14.9 Å². The summed E-state index contributed by atoms with van der Waals surface area (Å²) >= 11 is 5.16. The molecule has 0 aliphatic rings. The maximum absolute atomic E-state index is 6.05. The summed E-state index contributed by atoms with van der Waals surface area (Å²) in [7, 11) is 0. The number of nitrogens with one attached hydrogen (secondary N) is 1. The minimum atomic E-state index is 0.451. The number of hydrogen-bond acceptors (Lipinski definition) is 5. The molecule has 146 valence electrons. The van der Waals surface area contributed by atoms with Gasteiger partial charge in [0.2, 0.25) is 4.77 Å². The highest BCUT2D eigenvalue weighted by Crippen LogP contribution is 2.29. The van der Waals surface area contributed by atoms with Crippen molar-refractivity contribution < 1.29 is 9.47 Å². The third kappa shape index (κ3) is 4.67. The van der Waals surface area contributed by atoms with Crippen molar-refractivity contribution in [3.8, 4) is 11.5 Å². The Kier molecular flexibility index (Phi) is 6.26. The average Bonchev–Trinajstić information content (AvgIpc) is 3.00. The van der Waals surface area contributed by atoms with Gasteiger partial charge in [0.1, 0.15) is 12.4 Å². The normalized spacial score (nSPS) is 11.1. The van der Waals surface area contributed by atoms with Gasteiger partial charge in [-0.05, 0) is 74.8 Å². The van der Waals surface area contributed by atoms with Crippen LogP contribution in [-0.2, 0) is 6.61 Å². The van der Waals surface area contributed by atoms with Gasteiger partial charge in [-0.25, -0.2) is 0 Å². The van der Waals surface area contributed by atoms with Crippen LogP contribution in [0.1, 0.15) is 35.0 Å². The Morgan fingerprint density at radius 1 is 1.11 bits per heavy atom. The van der Waals surface area contributed by atoms with Crippen molar-refractivity contribution in [2.24, 2.45) is 5.10 Å². The summed E-state index contributed by atoms with van der Waals surface area (Å²) in [5, 5.41) is 11.1. The number of nitrogens with zero attached hydrogens (tertiary/aromatic N) is 3. The predicted octanol–water partition coefficient (Wildman–Crippen LogP) is 4.73. The summed E-state index contributed by atoms with van der Waals surface area (Å²) in [6.45, 7) is 8.99. The smallest absolute Gasteiger partial charge is 0.216 e. The molecular weight excluding hydrogens is 372 g/mol. The summed E-state index contributed by atoms with van der Waals surface area (Å²) in [4.78, 5) is 0. The Bertz CT molecular complexity index is 1050. The zero-order chi connectivity index (χ0) is 20.1. The van der Waals surface area contributed by atoms with Crippen molar-refractivity contribution in [2.45, 2.75) is 34.3 Å². The van der Waals surface area contributed by atoms with Crippen LogP contribution in [0.2, 0.25) is 0 Å². The second-order valence-corrected chi connectivity index (χ2v) is 6.88. The van der Waals surface area contributed by atoms with Crippen LogP contribution >= 0.6 is 12.2 Å². The second-order valence-electron chi connectivity index (χ2n) is 6.49. The fourth-order valence-electron chi connectivity index (χ4n) is 2.73. The number of aromatic amines is 1. The molecule has 0 atom stereocenters. The zero-order valence-electron chi connectivity index (χ0n) is 16.5. The van der Waals surface area contributed by atoms with Gasteiger partial charge in [-0.1, -0.05) is 23.8 Å². The van der Waals surface area contributed by atoms with Crippen LogP contribution in [0, 0.1) is 25.5 Å². The Morgan fingerprint density at radius 2 is 1.93 bits per heavy atom. The van der Waals surface area contributed by atoms with Gasteiger partial charge >= 0.3 is 0 Å². The van der Waals surface area contributed by atoms with Crippen LogP contribution in [-0.4, -0.2) is 27.7 Å². The fraction of sp³-hybridized carbons (Fsp3) is 0.286. The zero-order valence-corrected chi connectivity index (χ0v) is 17.3. The third-order valence-corrected chi connectivity index (χ3v) is 4.55. The minimum Gasteiger partial charge on any atom is -0.490 e. The predicted molar refractivity (Wildman–Crippen MR) is 113 cm³/mol. The molecule has 0 aliphatic carbocycles. The van der Waals surface area contributed by atoms with Crippen molar-refractivity contribution in [2.75, 3.05) is 6.61 Å². The number of H-pyrrole nitrogens is 1. The summed E-state index contributed by atoms with van der Waals surface area (Å²) in [6, 6.07) is 12.1. The standard InChI is InChI=1S/C21H24N4O2S/c1-5-26-20-11-17(12-22-25-16(4)23-24-21(25)28)8-9-19(20)27-13-18-10-14(2)6-7-15(18)3/h6-12H,5,13H2,1-4H3,(H,24,28)/b22-12-. The van der Waals surface area contributed by atoms with Crippen LogP contribution < -0.4 is 9.47 Å². The lowest BCUT2D eigenvalue weighted by molar-refractivity contribution is 0.269. The quantitative estimate of drug-likeness (QED) is 0.463. The Balaban J connectivity index is 1.81. The summed E-state index contributed by atoms with van der Waals surface area (Å²) < 4.78 is 13.8. The lowest BCUT2D eigenvalue weighted by Gasteiger charge is -2.14. The molecule has 0 amide bonds. The second kappa shape index (κ2) is 8.84. The van der Waals surface area contributed by atoms with Gasteiger partial charge in [0.25, 0.3) is 0 Å². The lowest BCUT2D eigenvalue weighted by Crippen LogP contribution is -2.02. The number of aryl methyl sites for hydroxylation is 3. The van der Waals surface area contributed by atoms with E-state index in [1.165, 1.54) is 11.1 Å². The Morgan fingerprint density at radius 3 is 2.64 bits per heavy atom. The molecule has 2 aromatic carbocycles. The van der Waals surface area contributed by atoms with Crippen molar-refractivity contribution in [3.63, 3.8) is 0 Å². The molecule has 0 bridgehead atoms. The monoisotopic (exact) mass is 396 g/mol. The van der Waals surface area contributed by atoms with E-state index < -0.39 is 0 Å². The molecule has 7 heteroatoms. The maximum atomic E-state index is 6.05. The van der Waals surface area contributed by atoms with E-state index in [-0.39, 0.29) is 0 Å². The molecule has 0 radical (unpaired) electrons. The van der Waals surface area contributed by atoms with Crippen LogP contribution in [0.15, 0.2) is 41.5 Å². The van der Waals surface area contributed by atoms with E-state index >= 15 is 0 Å². The largest absolute Gasteiger partial charge is 0.490 e. The summed E-state index contributed by atoms with van der Waals surface area (Å²) in [6.07, 6.45) is 1.72. The summed E-state index contributed by atoms with van der Waals surface area (Å²) in [5.41, 5.74) is 4.47.